The van der Waals surface area contributed by atoms with Crippen molar-refractivity contribution in [2.75, 3.05) is 26.1 Å². The van der Waals surface area contributed by atoms with Gasteiger partial charge in [-0.05, 0) is 44.9 Å². The molecule has 3 rings (SSSR count). The van der Waals surface area contributed by atoms with Gasteiger partial charge in [-0.3, -0.25) is 0 Å². The average Bonchev–Trinajstić information content (AvgIpc) is 3.04. The molecule has 1 aliphatic carbocycles. The van der Waals surface area contributed by atoms with E-state index in [1.54, 1.807) is 19.2 Å². The Labute approximate surface area is 197 Å². The van der Waals surface area contributed by atoms with Crippen LogP contribution >= 0.6 is 0 Å². The van der Waals surface area contributed by atoms with Crippen LogP contribution in [0.25, 0.3) is 10.9 Å². The van der Waals surface area contributed by atoms with Gasteiger partial charge in [-0.1, -0.05) is 18.2 Å². The molecule has 0 amide bonds. The minimum Gasteiger partial charge on any atom is -0.493 e. The van der Waals surface area contributed by atoms with Gasteiger partial charge in [-0.15, -0.1) is 0 Å². The Morgan fingerprint density at radius 1 is 1.21 bits per heavy atom. The number of halogens is 3. The largest absolute Gasteiger partial charge is 0.493 e. The number of methoxy groups -OCH3 is 2. The van der Waals surface area contributed by atoms with Gasteiger partial charge in [-0.2, -0.15) is 13.2 Å². The van der Waals surface area contributed by atoms with Gasteiger partial charge in [0.1, 0.15) is 11.3 Å². The van der Waals surface area contributed by atoms with Crippen molar-refractivity contribution in [3.05, 3.63) is 53.3 Å². The van der Waals surface area contributed by atoms with Crippen LogP contribution in [-0.4, -0.2) is 38.0 Å². The van der Waals surface area contributed by atoms with Crippen molar-refractivity contribution < 1.29 is 27.4 Å². The molecule has 34 heavy (non-hydrogen) atoms. The highest BCUT2D eigenvalue weighted by atomic mass is 19.4. The lowest BCUT2D eigenvalue weighted by molar-refractivity contribution is -0.0883. The molecule has 0 radical (unpaired) electrons. The molecule has 3 N–H and O–H groups in total. The van der Waals surface area contributed by atoms with Crippen molar-refractivity contribution >= 4 is 16.6 Å². The zero-order valence-corrected chi connectivity index (χ0v) is 19.8. The van der Waals surface area contributed by atoms with Gasteiger partial charge < -0.3 is 25.3 Å². The monoisotopic (exact) mass is 477 g/mol. The Morgan fingerprint density at radius 2 is 1.97 bits per heavy atom. The zero-order valence-electron chi connectivity index (χ0n) is 19.8. The van der Waals surface area contributed by atoms with E-state index in [0.29, 0.717) is 40.6 Å². The molecule has 1 aliphatic rings. The Morgan fingerprint density at radius 3 is 2.62 bits per heavy atom. The second kappa shape index (κ2) is 10.8. The lowest BCUT2D eigenvalue weighted by Gasteiger charge is -2.21. The smallest absolute Gasteiger partial charge is 0.416 e. The van der Waals surface area contributed by atoms with Crippen molar-refractivity contribution in [1.82, 2.24) is 4.98 Å². The molecule has 6 nitrogen and oxygen atoms in total. The SMILES string of the molecule is COc1cc(C)c2c(OC3=CC=CC(C(F)(F)F)=CC3)c(OC)cc(NC(C)CCCN)c2n1. The topological polar surface area (TPSA) is 78.6 Å². The number of alkyl halides is 3. The number of benzene rings is 1. The zero-order chi connectivity index (χ0) is 24.9. The number of fused-ring (bicyclic) bond motifs is 1. The van der Waals surface area contributed by atoms with Gasteiger partial charge in [0.15, 0.2) is 11.5 Å². The van der Waals surface area contributed by atoms with Crippen LogP contribution < -0.4 is 25.3 Å². The normalized spacial score (nSPS) is 14.8. The highest BCUT2D eigenvalue weighted by Crippen LogP contribution is 2.44. The van der Waals surface area contributed by atoms with Crippen molar-refractivity contribution in [1.29, 1.82) is 0 Å². The van der Waals surface area contributed by atoms with E-state index < -0.39 is 11.7 Å². The number of aryl methyl sites for hydroxylation is 1. The fourth-order valence-corrected chi connectivity index (χ4v) is 3.76. The number of nitrogens with zero attached hydrogens (tertiary/aromatic N) is 1. The molecule has 0 saturated heterocycles. The van der Waals surface area contributed by atoms with Gasteiger partial charge >= 0.3 is 6.18 Å². The van der Waals surface area contributed by atoms with Crippen LogP contribution in [0.4, 0.5) is 18.9 Å². The molecule has 0 bridgehead atoms. The van der Waals surface area contributed by atoms with E-state index in [4.69, 9.17) is 19.9 Å². The molecular weight excluding hydrogens is 447 g/mol. The van der Waals surface area contributed by atoms with E-state index in [1.165, 1.54) is 19.3 Å². The third-order valence-corrected chi connectivity index (χ3v) is 5.49. The summed E-state index contributed by atoms with van der Waals surface area (Å²) in [6, 6.07) is 3.68. The molecule has 1 aromatic heterocycles. The molecule has 0 saturated carbocycles. The average molecular weight is 478 g/mol. The first kappa shape index (κ1) is 25.4. The van der Waals surface area contributed by atoms with Gasteiger partial charge in [-0.25, -0.2) is 4.98 Å². The molecule has 0 fully saturated rings. The molecule has 1 heterocycles. The maximum atomic E-state index is 13.1. The lowest BCUT2D eigenvalue weighted by Crippen LogP contribution is -2.17. The number of nitrogens with one attached hydrogen (secondary N) is 1. The summed E-state index contributed by atoms with van der Waals surface area (Å²) in [6.45, 7) is 4.55. The third kappa shape index (κ3) is 5.83. The summed E-state index contributed by atoms with van der Waals surface area (Å²) in [5.74, 6) is 1.61. The molecule has 1 aromatic carbocycles. The maximum Gasteiger partial charge on any atom is 0.416 e. The Kier molecular flexibility index (Phi) is 8.09. The fourth-order valence-electron chi connectivity index (χ4n) is 3.76. The molecule has 1 atom stereocenters. The second-order valence-electron chi connectivity index (χ2n) is 8.09. The van der Waals surface area contributed by atoms with E-state index in [9.17, 15) is 13.2 Å². The summed E-state index contributed by atoms with van der Waals surface area (Å²) in [4.78, 5) is 4.64. The first-order valence-corrected chi connectivity index (χ1v) is 11.0. The summed E-state index contributed by atoms with van der Waals surface area (Å²) in [5.41, 5.74) is 7.11. The van der Waals surface area contributed by atoms with Crippen molar-refractivity contribution in [2.45, 2.75) is 45.3 Å². The number of pyridine rings is 1. The molecule has 2 aromatic rings. The predicted octanol–water partition coefficient (Wildman–Crippen LogP) is 5.81. The summed E-state index contributed by atoms with van der Waals surface area (Å²) >= 11 is 0. The Bertz CT molecular complexity index is 1120. The molecular formula is C25H30F3N3O3. The number of hydrogen-bond acceptors (Lipinski definition) is 6. The van der Waals surface area contributed by atoms with Gasteiger partial charge in [0.2, 0.25) is 5.88 Å². The highest BCUT2D eigenvalue weighted by molar-refractivity contribution is 6.00. The summed E-state index contributed by atoms with van der Waals surface area (Å²) in [6.07, 6.45) is 2.28. The summed E-state index contributed by atoms with van der Waals surface area (Å²) < 4.78 is 56.5. The summed E-state index contributed by atoms with van der Waals surface area (Å²) in [5, 5.41) is 4.15. The van der Waals surface area contributed by atoms with Gasteiger partial charge in [0.25, 0.3) is 0 Å². The van der Waals surface area contributed by atoms with Crippen LogP contribution in [0.1, 0.15) is 31.7 Å². The van der Waals surface area contributed by atoms with Crippen LogP contribution in [0.5, 0.6) is 17.4 Å². The number of rotatable bonds is 9. The minimum absolute atomic E-state index is 0.0226. The van der Waals surface area contributed by atoms with Crippen LogP contribution in [0, 0.1) is 6.92 Å². The minimum atomic E-state index is -4.42. The molecule has 9 heteroatoms. The standard InChI is InChI=1S/C25H30F3N3O3/c1-15-13-21(33-4)31-23-19(30-16(2)7-6-12-29)14-20(32-3)24(22(15)23)34-18-9-5-8-17(10-11-18)25(26,27)28/h5,8-10,13-14,16,30H,6-7,11-12,29H2,1-4H3. The van der Waals surface area contributed by atoms with Crippen LogP contribution in [0.15, 0.2) is 47.8 Å². The van der Waals surface area contributed by atoms with E-state index in [1.807, 2.05) is 6.92 Å². The number of ether oxygens (including phenoxy) is 3. The van der Waals surface area contributed by atoms with Crippen LogP contribution in [0.3, 0.4) is 0 Å². The van der Waals surface area contributed by atoms with E-state index >= 15 is 0 Å². The van der Waals surface area contributed by atoms with Crippen molar-refractivity contribution in [3.8, 4) is 17.4 Å². The maximum absolute atomic E-state index is 13.1. The quantitative estimate of drug-likeness (QED) is 0.475. The Hall–Kier alpha value is -3.20. The van der Waals surface area contributed by atoms with Gasteiger partial charge in [0, 0.05) is 24.6 Å². The predicted molar refractivity (Wildman–Crippen MR) is 128 cm³/mol. The van der Waals surface area contributed by atoms with Crippen LogP contribution in [0.2, 0.25) is 0 Å². The van der Waals surface area contributed by atoms with E-state index in [2.05, 4.69) is 17.2 Å². The molecule has 0 spiro atoms. The molecule has 1 unspecified atom stereocenters. The van der Waals surface area contributed by atoms with Crippen molar-refractivity contribution in [2.24, 2.45) is 5.73 Å². The second-order valence-corrected chi connectivity index (χ2v) is 8.09. The number of aromatic nitrogens is 1. The Balaban J connectivity index is 2.08. The lowest BCUT2D eigenvalue weighted by atomic mass is 10.1. The van der Waals surface area contributed by atoms with E-state index in [0.717, 1.165) is 36.2 Å². The highest BCUT2D eigenvalue weighted by Gasteiger charge is 2.32. The van der Waals surface area contributed by atoms with Crippen LogP contribution in [-0.2, 0) is 0 Å². The summed E-state index contributed by atoms with van der Waals surface area (Å²) in [7, 11) is 3.06. The molecule has 0 aliphatic heterocycles. The van der Waals surface area contributed by atoms with Crippen molar-refractivity contribution in [3.63, 3.8) is 0 Å². The number of hydrogen-bond donors (Lipinski definition) is 2. The number of anilines is 1. The first-order valence-electron chi connectivity index (χ1n) is 11.0. The first-order chi connectivity index (χ1) is 16.2. The number of nitrogens with two attached hydrogens (primary N) is 1. The van der Waals surface area contributed by atoms with E-state index in [-0.39, 0.29) is 12.5 Å². The van der Waals surface area contributed by atoms with Gasteiger partial charge in [0.05, 0.1) is 30.9 Å². The third-order valence-electron chi connectivity index (χ3n) is 5.49. The fraction of sp³-hybridized carbons (Fsp3) is 0.400. The number of allylic oxidation sites excluding steroid dienone is 5. The molecule has 184 valence electrons.